The van der Waals surface area contributed by atoms with Crippen molar-refractivity contribution < 1.29 is 14.6 Å². The molecule has 96 valence electrons. The van der Waals surface area contributed by atoms with Crippen molar-refractivity contribution in [3.63, 3.8) is 0 Å². The summed E-state index contributed by atoms with van der Waals surface area (Å²) in [6.45, 7) is 4.58. The molecule has 0 spiro atoms. The van der Waals surface area contributed by atoms with Crippen LogP contribution in [-0.2, 0) is 4.74 Å². The molecule has 0 aliphatic carbocycles. The van der Waals surface area contributed by atoms with Gasteiger partial charge in [-0.3, -0.25) is 0 Å². The van der Waals surface area contributed by atoms with Crippen molar-refractivity contribution in [3.8, 4) is 5.88 Å². The summed E-state index contributed by atoms with van der Waals surface area (Å²) in [5.74, 6) is 0.548. The Bertz CT molecular complexity index is 331. The van der Waals surface area contributed by atoms with Gasteiger partial charge in [-0.15, -0.1) is 0 Å². The van der Waals surface area contributed by atoms with Crippen LogP contribution in [0.4, 0.5) is 5.69 Å². The van der Waals surface area contributed by atoms with Gasteiger partial charge in [-0.1, -0.05) is 0 Å². The number of nitrogens with one attached hydrogen (secondary N) is 1. The maximum absolute atomic E-state index is 9.53. The first-order chi connectivity index (χ1) is 8.13. The molecule has 5 nitrogen and oxygen atoms in total. The summed E-state index contributed by atoms with van der Waals surface area (Å²) in [7, 11) is 1.56. The van der Waals surface area contributed by atoms with E-state index in [1.54, 1.807) is 13.3 Å². The number of rotatable bonds is 7. The highest BCUT2D eigenvalue weighted by Gasteiger charge is 2.08. The summed E-state index contributed by atoms with van der Waals surface area (Å²) in [6.07, 6.45) is 1.19. The fourth-order valence-corrected chi connectivity index (χ4v) is 1.32. The highest BCUT2D eigenvalue weighted by Crippen LogP contribution is 2.21. The van der Waals surface area contributed by atoms with Gasteiger partial charge in [0.15, 0.2) is 0 Å². The van der Waals surface area contributed by atoms with Crippen molar-refractivity contribution in [1.82, 2.24) is 4.98 Å². The summed E-state index contributed by atoms with van der Waals surface area (Å²) in [6, 6.07) is 3.68. The molecule has 1 aromatic rings. The first kappa shape index (κ1) is 13.7. The highest BCUT2D eigenvalue weighted by molar-refractivity contribution is 5.52. The van der Waals surface area contributed by atoms with E-state index in [2.05, 4.69) is 10.3 Å². The van der Waals surface area contributed by atoms with Gasteiger partial charge in [0.05, 0.1) is 24.5 Å². The standard InChI is InChI=1S/C12H20N2O3/c1-9(2)17-12-11(5-4-6-13-12)14-7-10(15)8-16-3/h4-6,9-10,14-15H,7-8H2,1-3H3. The molecule has 0 aliphatic rings. The lowest BCUT2D eigenvalue weighted by molar-refractivity contribution is 0.0727. The van der Waals surface area contributed by atoms with E-state index in [1.807, 2.05) is 26.0 Å². The van der Waals surface area contributed by atoms with E-state index < -0.39 is 6.10 Å². The van der Waals surface area contributed by atoms with E-state index in [0.717, 1.165) is 5.69 Å². The van der Waals surface area contributed by atoms with Crippen molar-refractivity contribution in [3.05, 3.63) is 18.3 Å². The monoisotopic (exact) mass is 240 g/mol. The Labute approximate surface area is 102 Å². The Balaban J connectivity index is 2.57. The molecule has 0 saturated carbocycles. The minimum atomic E-state index is -0.549. The number of anilines is 1. The first-order valence-corrected chi connectivity index (χ1v) is 5.66. The minimum absolute atomic E-state index is 0.0642. The molecule has 0 aliphatic heterocycles. The summed E-state index contributed by atoms with van der Waals surface area (Å²) in [5, 5.41) is 12.6. The molecule has 5 heteroatoms. The van der Waals surface area contributed by atoms with Gasteiger partial charge in [0.2, 0.25) is 5.88 Å². The van der Waals surface area contributed by atoms with Gasteiger partial charge in [0.25, 0.3) is 0 Å². The van der Waals surface area contributed by atoms with Crippen LogP contribution in [0.2, 0.25) is 0 Å². The van der Waals surface area contributed by atoms with E-state index in [9.17, 15) is 5.11 Å². The van der Waals surface area contributed by atoms with Gasteiger partial charge in [0.1, 0.15) is 0 Å². The van der Waals surface area contributed by atoms with Crippen molar-refractivity contribution in [2.75, 3.05) is 25.6 Å². The van der Waals surface area contributed by atoms with E-state index in [4.69, 9.17) is 9.47 Å². The van der Waals surface area contributed by atoms with Crippen molar-refractivity contribution in [2.24, 2.45) is 0 Å². The Morgan fingerprint density at radius 1 is 1.47 bits per heavy atom. The average molecular weight is 240 g/mol. The number of hydrogen-bond acceptors (Lipinski definition) is 5. The maximum atomic E-state index is 9.53. The molecule has 1 unspecified atom stereocenters. The molecular formula is C12H20N2O3. The molecule has 0 saturated heterocycles. The SMILES string of the molecule is COCC(O)CNc1cccnc1OC(C)C. The van der Waals surface area contributed by atoms with Crippen LogP contribution in [-0.4, -0.2) is 42.6 Å². The Morgan fingerprint density at radius 2 is 2.24 bits per heavy atom. The molecule has 0 radical (unpaired) electrons. The summed E-state index contributed by atoms with van der Waals surface area (Å²) in [4.78, 5) is 4.15. The largest absolute Gasteiger partial charge is 0.473 e. The third-order valence-corrected chi connectivity index (χ3v) is 2.01. The lowest BCUT2D eigenvalue weighted by atomic mass is 10.3. The number of aromatic nitrogens is 1. The highest BCUT2D eigenvalue weighted by atomic mass is 16.5. The van der Waals surface area contributed by atoms with Gasteiger partial charge in [-0.25, -0.2) is 4.98 Å². The van der Waals surface area contributed by atoms with Crippen LogP contribution >= 0.6 is 0 Å². The Morgan fingerprint density at radius 3 is 2.88 bits per heavy atom. The second-order valence-corrected chi connectivity index (χ2v) is 4.01. The lowest BCUT2D eigenvalue weighted by Gasteiger charge is -2.16. The van der Waals surface area contributed by atoms with Crippen LogP contribution in [0.25, 0.3) is 0 Å². The first-order valence-electron chi connectivity index (χ1n) is 5.66. The number of ether oxygens (including phenoxy) is 2. The molecule has 0 fully saturated rings. The number of aliphatic hydroxyl groups is 1. The lowest BCUT2D eigenvalue weighted by Crippen LogP contribution is -2.24. The zero-order valence-corrected chi connectivity index (χ0v) is 10.5. The van der Waals surface area contributed by atoms with Crippen LogP contribution < -0.4 is 10.1 Å². The maximum Gasteiger partial charge on any atom is 0.237 e. The quantitative estimate of drug-likeness (QED) is 0.752. The molecule has 0 bridgehead atoms. The summed E-state index contributed by atoms with van der Waals surface area (Å²) >= 11 is 0. The minimum Gasteiger partial charge on any atom is -0.473 e. The fraction of sp³-hybridized carbons (Fsp3) is 0.583. The number of hydrogen-bond donors (Lipinski definition) is 2. The molecule has 1 aromatic heterocycles. The van der Waals surface area contributed by atoms with Gasteiger partial charge in [-0.2, -0.15) is 0 Å². The molecular weight excluding hydrogens is 220 g/mol. The van der Waals surface area contributed by atoms with Gasteiger partial charge in [-0.05, 0) is 26.0 Å². The molecule has 1 heterocycles. The van der Waals surface area contributed by atoms with Crippen molar-refractivity contribution >= 4 is 5.69 Å². The van der Waals surface area contributed by atoms with E-state index in [-0.39, 0.29) is 6.10 Å². The topological polar surface area (TPSA) is 63.6 Å². The number of aliphatic hydroxyl groups excluding tert-OH is 1. The van der Waals surface area contributed by atoms with Gasteiger partial charge >= 0.3 is 0 Å². The van der Waals surface area contributed by atoms with Crippen LogP contribution in [0.5, 0.6) is 5.88 Å². The smallest absolute Gasteiger partial charge is 0.237 e. The Hall–Kier alpha value is -1.33. The van der Waals surface area contributed by atoms with Crippen molar-refractivity contribution in [1.29, 1.82) is 0 Å². The van der Waals surface area contributed by atoms with E-state index >= 15 is 0 Å². The summed E-state index contributed by atoms with van der Waals surface area (Å²) in [5.41, 5.74) is 0.774. The normalized spacial score (nSPS) is 12.5. The predicted molar refractivity (Wildman–Crippen MR) is 66.4 cm³/mol. The molecule has 0 amide bonds. The van der Waals surface area contributed by atoms with Crippen LogP contribution in [0, 0.1) is 0 Å². The Kier molecular flexibility index (Phi) is 5.72. The van der Waals surface area contributed by atoms with Crippen LogP contribution in [0.15, 0.2) is 18.3 Å². The molecule has 0 aromatic carbocycles. The van der Waals surface area contributed by atoms with Crippen LogP contribution in [0.1, 0.15) is 13.8 Å². The average Bonchev–Trinajstić information content (AvgIpc) is 2.27. The third kappa shape index (κ3) is 5.01. The molecule has 1 atom stereocenters. The molecule has 17 heavy (non-hydrogen) atoms. The number of pyridine rings is 1. The summed E-state index contributed by atoms with van der Waals surface area (Å²) < 4.78 is 10.4. The predicted octanol–water partition coefficient (Wildman–Crippen LogP) is 1.29. The second kappa shape index (κ2) is 7.09. The number of methoxy groups -OCH3 is 1. The zero-order chi connectivity index (χ0) is 12.7. The van der Waals surface area contributed by atoms with Crippen molar-refractivity contribution in [2.45, 2.75) is 26.1 Å². The van der Waals surface area contributed by atoms with Crippen LogP contribution in [0.3, 0.4) is 0 Å². The third-order valence-electron chi connectivity index (χ3n) is 2.01. The van der Waals surface area contributed by atoms with E-state index in [1.165, 1.54) is 0 Å². The molecule has 2 N–H and O–H groups in total. The second-order valence-electron chi connectivity index (χ2n) is 4.01. The molecule has 1 rings (SSSR count). The van der Waals surface area contributed by atoms with E-state index in [0.29, 0.717) is 19.0 Å². The van der Waals surface area contributed by atoms with Gasteiger partial charge < -0.3 is 19.9 Å². The zero-order valence-electron chi connectivity index (χ0n) is 10.5. The van der Waals surface area contributed by atoms with Gasteiger partial charge in [0, 0.05) is 19.9 Å². The fourth-order valence-electron chi connectivity index (χ4n) is 1.32. The number of nitrogens with zero attached hydrogens (tertiary/aromatic N) is 1.